The predicted octanol–water partition coefficient (Wildman–Crippen LogP) is 1.04. The van der Waals surface area contributed by atoms with Crippen LogP contribution in [0.5, 0.6) is 0 Å². The van der Waals surface area contributed by atoms with Gasteiger partial charge in [-0.05, 0) is 25.3 Å². The number of H-pyrrole nitrogens is 1. The maximum atomic E-state index is 12.7. The number of rotatable bonds is 4. The topological polar surface area (TPSA) is 132 Å². The first-order valence-corrected chi connectivity index (χ1v) is 9.80. The number of hydrogen-bond acceptors (Lipinski definition) is 6. The number of carbonyl (C=O) groups is 2. The van der Waals surface area contributed by atoms with E-state index in [1.165, 1.54) is 6.08 Å². The second kappa shape index (κ2) is 7.91. The van der Waals surface area contributed by atoms with Gasteiger partial charge in [0.1, 0.15) is 11.3 Å². The molecule has 2 fully saturated rings. The van der Waals surface area contributed by atoms with Crippen LogP contribution in [0.25, 0.3) is 17.2 Å². The minimum Gasteiger partial charge on any atom is -0.366 e. The van der Waals surface area contributed by atoms with Gasteiger partial charge in [0.25, 0.3) is 0 Å². The van der Waals surface area contributed by atoms with Gasteiger partial charge >= 0.3 is 0 Å². The van der Waals surface area contributed by atoms with E-state index < -0.39 is 5.91 Å². The van der Waals surface area contributed by atoms with E-state index in [2.05, 4.69) is 20.9 Å². The van der Waals surface area contributed by atoms with E-state index >= 15 is 0 Å². The van der Waals surface area contributed by atoms with Crippen LogP contribution in [0.3, 0.4) is 0 Å². The van der Waals surface area contributed by atoms with Crippen LogP contribution in [-0.2, 0) is 9.59 Å². The number of nitrogens with two attached hydrogens (primary N) is 1. The first kappa shape index (κ1) is 18.9. The molecule has 150 valence electrons. The number of aromatic amines is 1. The summed E-state index contributed by atoms with van der Waals surface area (Å²) in [6.45, 7) is 2.62. The quantitative estimate of drug-likeness (QED) is 0.746. The van der Waals surface area contributed by atoms with Gasteiger partial charge in [0.05, 0.1) is 12.3 Å². The van der Waals surface area contributed by atoms with Crippen molar-refractivity contribution in [2.45, 2.75) is 19.3 Å². The Balaban J connectivity index is 1.42. The van der Waals surface area contributed by atoms with Crippen molar-refractivity contribution < 1.29 is 9.59 Å². The summed E-state index contributed by atoms with van der Waals surface area (Å²) in [6.07, 6.45) is 8.69. The van der Waals surface area contributed by atoms with Crippen molar-refractivity contribution in [3.05, 3.63) is 24.0 Å². The maximum absolute atomic E-state index is 12.7. The Hall–Kier alpha value is -3.41. The molecule has 3 N–H and O–H groups in total. The van der Waals surface area contributed by atoms with Gasteiger partial charge in [0.15, 0.2) is 5.65 Å². The third kappa shape index (κ3) is 3.92. The van der Waals surface area contributed by atoms with Crippen molar-refractivity contribution in [2.75, 3.05) is 31.1 Å². The van der Waals surface area contributed by atoms with E-state index in [1.807, 2.05) is 4.90 Å². The van der Waals surface area contributed by atoms with E-state index in [9.17, 15) is 9.59 Å². The normalized spacial score (nSPS) is 22.3. The van der Waals surface area contributed by atoms with Gasteiger partial charge < -0.3 is 20.5 Å². The van der Waals surface area contributed by atoms with Gasteiger partial charge in [0, 0.05) is 55.9 Å². The lowest BCUT2D eigenvalue weighted by Gasteiger charge is -2.36. The van der Waals surface area contributed by atoms with Crippen LogP contribution >= 0.6 is 0 Å². The molecular formula is C20H23N7O2. The Morgan fingerprint density at radius 1 is 1.28 bits per heavy atom. The molecule has 1 saturated carbocycles. The summed E-state index contributed by atoms with van der Waals surface area (Å²) in [4.78, 5) is 39.9. The molecule has 0 bridgehead atoms. The monoisotopic (exact) mass is 393 g/mol. The van der Waals surface area contributed by atoms with E-state index in [-0.39, 0.29) is 17.7 Å². The number of nitriles is 1. The highest BCUT2D eigenvalue weighted by Gasteiger charge is 2.34. The number of aromatic nitrogens is 3. The summed E-state index contributed by atoms with van der Waals surface area (Å²) in [5, 5.41) is 9.05. The van der Waals surface area contributed by atoms with Crippen molar-refractivity contribution in [1.82, 2.24) is 19.9 Å². The second-order valence-corrected chi connectivity index (χ2v) is 7.55. The first-order chi connectivity index (χ1) is 14.0. The highest BCUT2D eigenvalue weighted by molar-refractivity contribution is 5.93. The number of nitrogens with one attached hydrogen (secondary N) is 1. The fourth-order valence-corrected chi connectivity index (χ4v) is 4.09. The molecule has 9 heteroatoms. The highest BCUT2D eigenvalue weighted by atomic mass is 16.2. The van der Waals surface area contributed by atoms with Crippen LogP contribution in [0.1, 0.15) is 24.8 Å². The number of fused-ring (bicyclic) bond motifs is 1. The average Bonchev–Trinajstić information content (AvgIpc) is 3.38. The molecule has 2 aromatic rings. The Morgan fingerprint density at radius 3 is 2.76 bits per heavy atom. The average molecular weight is 393 g/mol. The third-order valence-electron chi connectivity index (χ3n) is 5.70. The van der Waals surface area contributed by atoms with Gasteiger partial charge in [-0.15, -0.1) is 0 Å². The lowest BCUT2D eigenvalue weighted by atomic mass is 10.0. The minimum absolute atomic E-state index is 0.0122. The highest BCUT2D eigenvalue weighted by Crippen LogP contribution is 2.32. The van der Waals surface area contributed by atoms with Crippen LogP contribution in [0.4, 0.5) is 5.82 Å². The minimum atomic E-state index is -0.521. The molecule has 0 unspecified atom stereocenters. The largest absolute Gasteiger partial charge is 0.366 e. The van der Waals surface area contributed by atoms with Gasteiger partial charge in [-0.3, -0.25) is 9.59 Å². The van der Waals surface area contributed by atoms with Crippen molar-refractivity contribution in [3.63, 3.8) is 0 Å². The Morgan fingerprint density at radius 2 is 2.07 bits per heavy atom. The molecule has 2 aliphatic rings. The zero-order valence-corrected chi connectivity index (χ0v) is 16.0. The molecule has 0 aromatic carbocycles. The van der Waals surface area contributed by atoms with E-state index in [0.29, 0.717) is 43.8 Å². The SMILES string of the molecule is N#C[C@H]1CC[C@@H](C(=O)N2CCN(c3cnc4[nH]cc(/C=C/C(N)=O)c4n3)CC2)C1. The molecule has 0 spiro atoms. The molecule has 2 atom stereocenters. The van der Waals surface area contributed by atoms with Crippen molar-refractivity contribution >= 4 is 34.9 Å². The maximum Gasteiger partial charge on any atom is 0.241 e. The molecule has 4 rings (SSSR count). The van der Waals surface area contributed by atoms with E-state index in [4.69, 9.17) is 16.0 Å². The van der Waals surface area contributed by atoms with Crippen molar-refractivity contribution in [3.8, 4) is 6.07 Å². The van der Waals surface area contributed by atoms with Crippen LogP contribution in [0.15, 0.2) is 18.5 Å². The fraction of sp³-hybridized carbons (Fsp3) is 0.450. The summed E-state index contributed by atoms with van der Waals surface area (Å²) < 4.78 is 0. The summed E-state index contributed by atoms with van der Waals surface area (Å²) >= 11 is 0. The number of nitrogens with zero attached hydrogens (tertiary/aromatic N) is 5. The fourth-order valence-electron chi connectivity index (χ4n) is 4.09. The molecule has 1 aliphatic carbocycles. The molecule has 2 amide bonds. The zero-order chi connectivity index (χ0) is 20.4. The summed E-state index contributed by atoms with van der Waals surface area (Å²) in [5.74, 6) is 0.401. The van der Waals surface area contributed by atoms with Crippen LogP contribution in [-0.4, -0.2) is 57.8 Å². The predicted molar refractivity (Wildman–Crippen MR) is 107 cm³/mol. The number of hydrogen-bond donors (Lipinski definition) is 2. The van der Waals surface area contributed by atoms with Gasteiger partial charge in [-0.1, -0.05) is 0 Å². The van der Waals surface area contributed by atoms with Crippen LogP contribution < -0.4 is 10.6 Å². The first-order valence-electron chi connectivity index (χ1n) is 9.80. The number of carbonyl (C=O) groups excluding carboxylic acids is 2. The molecule has 0 radical (unpaired) electrons. The zero-order valence-electron chi connectivity index (χ0n) is 16.0. The van der Waals surface area contributed by atoms with E-state index in [1.54, 1.807) is 18.5 Å². The second-order valence-electron chi connectivity index (χ2n) is 7.55. The third-order valence-corrected chi connectivity index (χ3v) is 5.70. The molecular weight excluding hydrogens is 370 g/mol. The number of amides is 2. The molecule has 1 saturated heterocycles. The number of piperazine rings is 1. The Labute approximate surface area is 168 Å². The van der Waals surface area contributed by atoms with Gasteiger partial charge in [0.2, 0.25) is 11.8 Å². The molecule has 29 heavy (non-hydrogen) atoms. The number of primary amides is 1. The summed E-state index contributed by atoms with van der Waals surface area (Å²) in [7, 11) is 0. The molecule has 3 heterocycles. The van der Waals surface area contributed by atoms with Crippen LogP contribution in [0.2, 0.25) is 0 Å². The number of anilines is 1. The smallest absolute Gasteiger partial charge is 0.241 e. The summed E-state index contributed by atoms with van der Waals surface area (Å²) in [5.41, 5.74) is 7.23. The van der Waals surface area contributed by atoms with Crippen molar-refractivity contribution in [1.29, 1.82) is 5.26 Å². The van der Waals surface area contributed by atoms with Gasteiger partial charge in [-0.2, -0.15) is 5.26 Å². The van der Waals surface area contributed by atoms with Crippen LogP contribution in [0, 0.1) is 23.2 Å². The summed E-state index contributed by atoms with van der Waals surface area (Å²) in [6, 6.07) is 2.29. The van der Waals surface area contributed by atoms with E-state index in [0.717, 1.165) is 24.2 Å². The molecule has 1 aliphatic heterocycles. The molecule has 9 nitrogen and oxygen atoms in total. The lowest BCUT2D eigenvalue weighted by molar-refractivity contribution is -0.135. The van der Waals surface area contributed by atoms with Gasteiger partial charge in [-0.25, -0.2) is 9.97 Å². The Bertz CT molecular complexity index is 998. The lowest BCUT2D eigenvalue weighted by Crippen LogP contribution is -2.50. The molecule has 2 aromatic heterocycles. The standard InChI is InChI=1S/C20H23N7O2/c21-10-13-1-2-14(9-13)20(29)27-7-5-26(6-8-27)17-12-24-19-18(25-17)15(11-23-19)3-4-16(22)28/h3-4,11-14H,1-2,5-9H2,(H2,22,28)(H,23,24)/b4-3+/t13-,14+/m0/s1. The Kier molecular flexibility index (Phi) is 5.16. The van der Waals surface area contributed by atoms with Crippen molar-refractivity contribution in [2.24, 2.45) is 17.6 Å².